The molecule has 6 heteroatoms. The van der Waals surface area contributed by atoms with Gasteiger partial charge in [-0.1, -0.05) is 12.1 Å². The lowest BCUT2D eigenvalue weighted by atomic mass is 10.1. The van der Waals surface area contributed by atoms with Crippen LogP contribution in [0.15, 0.2) is 24.3 Å². The minimum atomic E-state index is -0.387. The van der Waals surface area contributed by atoms with Crippen LogP contribution in [0.2, 0.25) is 0 Å². The fraction of sp³-hybridized carbons (Fsp3) is 0.400. The van der Waals surface area contributed by atoms with Crippen LogP contribution in [0.3, 0.4) is 0 Å². The molecular weight excluding hydrogens is 270 g/mol. The number of nitro groups is 1. The van der Waals surface area contributed by atoms with Gasteiger partial charge in [-0.3, -0.25) is 10.1 Å². The molecule has 0 bridgehead atoms. The second kappa shape index (κ2) is 5.65. The lowest BCUT2D eigenvalue weighted by molar-refractivity contribution is -0.383. The van der Waals surface area contributed by atoms with Crippen LogP contribution in [-0.2, 0) is 4.74 Å². The van der Waals surface area contributed by atoms with E-state index in [4.69, 9.17) is 4.74 Å². The molecule has 2 heterocycles. The van der Waals surface area contributed by atoms with E-state index in [0.717, 1.165) is 36.2 Å². The highest BCUT2D eigenvalue weighted by Crippen LogP contribution is 2.30. The quantitative estimate of drug-likeness (QED) is 0.693. The Morgan fingerprint density at radius 2 is 2.33 bits per heavy atom. The average Bonchev–Trinajstić information content (AvgIpc) is 2.47. The average molecular weight is 287 g/mol. The van der Waals surface area contributed by atoms with Crippen molar-refractivity contribution in [3.8, 4) is 0 Å². The number of ether oxygens (including phenoxy) is 1. The third-order valence-corrected chi connectivity index (χ3v) is 3.66. The number of nitrogens with zero attached hydrogens (tertiary/aromatic N) is 2. The van der Waals surface area contributed by atoms with E-state index < -0.39 is 0 Å². The van der Waals surface area contributed by atoms with E-state index in [-0.39, 0.29) is 16.7 Å². The van der Waals surface area contributed by atoms with Gasteiger partial charge in [0.25, 0.3) is 5.69 Å². The van der Waals surface area contributed by atoms with Gasteiger partial charge in [-0.25, -0.2) is 4.98 Å². The molecule has 1 aromatic heterocycles. The van der Waals surface area contributed by atoms with Gasteiger partial charge in [-0.05, 0) is 25.8 Å². The zero-order valence-corrected chi connectivity index (χ0v) is 11.8. The number of nitro benzene ring substituents is 1. The molecule has 6 nitrogen and oxygen atoms in total. The summed E-state index contributed by atoms with van der Waals surface area (Å²) in [5, 5.41) is 15.4. The predicted octanol–water partition coefficient (Wildman–Crippen LogP) is 3.04. The van der Waals surface area contributed by atoms with Crippen molar-refractivity contribution in [2.24, 2.45) is 0 Å². The maximum Gasteiger partial charge on any atom is 0.295 e. The molecular formula is C15H17N3O3. The van der Waals surface area contributed by atoms with Gasteiger partial charge >= 0.3 is 0 Å². The highest BCUT2D eigenvalue weighted by molar-refractivity contribution is 5.96. The van der Waals surface area contributed by atoms with Crippen molar-refractivity contribution >= 4 is 22.3 Å². The van der Waals surface area contributed by atoms with Gasteiger partial charge < -0.3 is 10.1 Å². The van der Waals surface area contributed by atoms with E-state index in [9.17, 15) is 10.1 Å². The maximum atomic E-state index is 11.2. The van der Waals surface area contributed by atoms with Gasteiger partial charge in [-0.2, -0.15) is 0 Å². The Morgan fingerprint density at radius 1 is 1.48 bits per heavy atom. The monoisotopic (exact) mass is 287 g/mol. The van der Waals surface area contributed by atoms with Crippen LogP contribution in [0.25, 0.3) is 10.9 Å². The first-order valence-corrected chi connectivity index (χ1v) is 7.04. The summed E-state index contributed by atoms with van der Waals surface area (Å²) in [5.74, 6) is 0. The Bertz CT molecular complexity index is 681. The highest BCUT2D eigenvalue weighted by atomic mass is 16.6. The van der Waals surface area contributed by atoms with Crippen molar-refractivity contribution in [3.63, 3.8) is 0 Å². The Balaban J connectivity index is 2.05. The molecule has 0 saturated carbocycles. The molecule has 0 spiro atoms. The van der Waals surface area contributed by atoms with E-state index in [1.54, 1.807) is 6.07 Å². The summed E-state index contributed by atoms with van der Waals surface area (Å²) in [4.78, 5) is 15.1. The minimum absolute atomic E-state index is 0.0409. The van der Waals surface area contributed by atoms with Crippen LogP contribution < -0.4 is 5.32 Å². The van der Waals surface area contributed by atoms with E-state index in [1.807, 2.05) is 19.1 Å². The molecule has 1 aliphatic rings. The summed E-state index contributed by atoms with van der Waals surface area (Å²) >= 11 is 0. The predicted molar refractivity (Wildman–Crippen MR) is 80.6 cm³/mol. The molecule has 0 radical (unpaired) electrons. The molecule has 0 amide bonds. The Morgan fingerprint density at radius 3 is 3.05 bits per heavy atom. The zero-order chi connectivity index (χ0) is 14.8. The normalized spacial score (nSPS) is 18.6. The number of nitrogens with one attached hydrogen (secondary N) is 1. The summed E-state index contributed by atoms with van der Waals surface area (Å²) in [6.45, 7) is 3.32. The summed E-state index contributed by atoms with van der Waals surface area (Å²) in [6.07, 6.45) is 2.07. The molecule has 3 rings (SSSR count). The molecule has 110 valence electrons. The van der Waals surface area contributed by atoms with E-state index in [2.05, 4.69) is 10.3 Å². The lowest BCUT2D eigenvalue weighted by Gasteiger charge is -2.25. The molecule has 1 fully saturated rings. The molecule has 1 unspecified atom stereocenters. The molecule has 2 aromatic rings. The number of hydrogen-bond donors (Lipinski definition) is 1. The van der Waals surface area contributed by atoms with E-state index in [0.29, 0.717) is 12.1 Å². The van der Waals surface area contributed by atoms with Crippen LogP contribution in [-0.4, -0.2) is 29.2 Å². The Kier molecular flexibility index (Phi) is 3.70. The van der Waals surface area contributed by atoms with Crippen LogP contribution in [0.5, 0.6) is 0 Å². The van der Waals surface area contributed by atoms with Crippen molar-refractivity contribution in [2.75, 3.05) is 18.5 Å². The lowest BCUT2D eigenvalue weighted by Crippen LogP contribution is -2.30. The summed E-state index contributed by atoms with van der Waals surface area (Å²) < 4.78 is 5.47. The molecule has 1 N–H and O–H groups in total. The molecule has 1 atom stereocenters. The first kappa shape index (κ1) is 13.8. The van der Waals surface area contributed by atoms with Gasteiger partial charge in [0, 0.05) is 35.5 Å². The SMILES string of the molecule is Cc1cc(NC2CCCOC2)c2cccc([N+](=O)[O-])c2n1. The van der Waals surface area contributed by atoms with Gasteiger partial charge in [0.1, 0.15) is 0 Å². The Hall–Kier alpha value is -2.21. The smallest absolute Gasteiger partial charge is 0.295 e. The van der Waals surface area contributed by atoms with Crippen molar-refractivity contribution in [1.29, 1.82) is 0 Å². The van der Waals surface area contributed by atoms with E-state index >= 15 is 0 Å². The largest absolute Gasteiger partial charge is 0.379 e. The Labute approximate surface area is 122 Å². The standard InChI is InChI=1S/C15H17N3O3/c1-10-8-13(17-11-4-3-7-21-9-11)12-5-2-6-14(18(19)20)15(12)16-10/h2,5-6,8,11H,3-4,7,9H2,1H3,(H,16,17). The second-order valence-corrected chi connectivity index (χ2v) is 5.30. The van der Waals surface area contributed by atoms with Crippen LogP contribution in [0.1, 0.15) is 18.5 Å². The first-order valence-electron chi connectivity index (χ1n) is 7.04. The molecule has 0 aliphatic carbocycles. The molecule has 1 saturated heterocycles. The van der Waals surface area contributed by atoms with Crippen molar-refractivity contribution in [1.82, 2.24) is 4.98 Å². The van der Waals surface area contributed by atoms with Gasteiger partial charge in [0.2, 0.25) is 0 Å². The van der Waals surface area contributed by atoms with Crippen molar-refractivity contribution < 1.29 is 9.66 Å². The highest BCUT2D eigenvalue weighted by Gasteiger charge is 2.18. The third-order valence-electron chi connectivity index (χ3n) is 3.66. The summed E-state index contributed by atoms with van der Waals surface area (Å²) in [7, 11) is 0. The maximum absolute atomic E-state index is 11.2. The van der Waals surface area contributed by atoms with Gasteiger partial charge in [0.15, 0.2) is 5.52 Å². The number of para-hydroxylation sites is 1. The number of hydrogen-bond acceptors (Lipinski definition) is 5. The minimum Gasteiger partial charge on any atom is -0.379 e. The number of pyridine rings is 1. The fourth-order valence-electron chi connectivity index (χ4n) is 2.70. The number of non-ortho nitro benzene ring substituents is 1. The third kappa shape index (κ3) is 2.80. The topological polar surface area (TPSA) is 77.3 Å². The summed E-state index contributed by atoms with van der Waals surface area (Å²) in [6, 6.07) is 7.21. The van der Waals surface area contributed by atoms with Crippen LogP contribution >= 0.6 is 0 Å². The van der Waals surface area contributed by atoms with Crippen LogP contribution in [0.4, 0.5) is 11.4 Å². The fourth-order valence-corrected chi connectivity index (χ4v) is 2.70. The number of aryl methyl sites for hydroxylation is 1. The van der Waals surface area contributed by atoms with Gasteiger partial charge in [-0.15, -0.1) is 0 Å². The molecule has 21 heavy (non-hydrogen) atoms. The van der Waals surface area contributed by atoms with Crippen LogP contribution in [0, 0.1) is 17.0 Å². The number of fused-ring (bicyclic) bond motifs is 1. The number of benzene rings is 1. The number of anilines is 1. The van der Waals surface area contributed by atoms with E-state index in [1.165, 1.54) is 6.07 Å². The second-order valence-electron chi connectivity index (χ2n) is 5.30. The van der Waals surface area contributed by atoms with Crippen molar-refractivity contribution in [3.05, 3.63) is 40.1 Å². The number of aromatic nitrogens is 1. The number of rotatable bonds is 3. The first-order chi connectivity index (χ1) is 10.1. The molecule has 1 aromatic carbocycles. The van der Waals surface area contributed by atoms with Crippen molar-refractivity contribution in [2.45, 2.75) is 25.8 Å². The molecule has 1 aliphatic heterocycles. The summed E-state index contributed by atoms with van der Waals surface area (Å²) in [5.41, 5.74) is 2.12. The van der Waals surface area contributed by atoms with Gasteiger partial charge in [0.05, 0.1) is 11.5 Å². The zero-order valence-electron chi connectivity index (χ0n) is 11.8.